The molecule has 16 heavy (non-hydrogen) atoms. The normalized spacial score (nSPS) is 10.6. The van der Waals surface area contributed by atoms with Gasteiger partial charge >= 0.3 is 0 Å². The SMILES string of the molecule is COc1ccc(Br)c(CNC(C)C)c1OC. The highest BCUT2D eigenvalue weighted by Gasteiger charge is 2.13. The van der Waals surface area contributed by atoms with Gasteiger partial charge in [-0.3, -0.25) is 0 Å². The second-order valence-corrected chi connectivity index (χ2v) is 4.65. The molecule has 0 bridgehead atoms. The average molecular weight is 288 g/mol. The Morgan fingerprint density at radius 1 is 1.25 bits per heavy atom. The van der Waals surface area contributed by atoms with Crippen LogP contribution in [0, 0.1) is 0 Å². The van der Waals surface area contributed by atoms with E-state index in [1.54, 1.807) is 14.2 Å². The van der Waals surface area contributed by atoms with Crippen molar-refractivity contribution in [2.45, 2.75) is 26.4 Å². The minimum absolute atomic E-state index is 0.433. The van der Waals surface area contributed by atoms with Crippen LogP contribution in [0.3, 0.4) is 0 Å². The molecule has 1 aromatic rings. The van der Waals surface area contributed by atoms with E-state index in [1.807, 2.05) is 12.1 Å². The number of rotatable bonds is 5. The fraction of sp³-hybridized carbons (Fsp3) is 0.500. The van der Waals surface area contributed by atoms with Crippen molar-refractivity contribution in [1.82, 2.24) is 5.32 Å². The molecule has 0 atom stereocenters. The molecular formula is C12H18BrNO2. The Kier molecular flexibility index (Phi) is 5.09. The lowest BCUT2D eigenvalue weighted by Gasteiger charge is -2.16. The second-order valence-electron chi connectivity index (χ2n) is 3.80. The van der Waals surface area contributed by atoms with Crippen molar-refractivity contribution in [1.29, 1.82) is 0 Å². The molecular weight excluding hydrogens is 270 g/mol. The standard InChI is InChI=1S/C12H18BrNO2/c1-8(2)14-7-9-10(13)5-6-11(15-3)12(9)16-4/h5-6,8,14H,7H2,1-4H3. The maximum Gasteiger partial charge on any atom is 0.166 e. The number of hydrogen-bond acceptors (Lipinski definition) is 3. The average Bonchev–Trinajstić information content (AvgIpc) is 2.26. The third-order valence-corrected chi connectivity index (χ3v) is 3.02. The highest BCUT2D eigenvalue weighted by Crippen LogP contribution is 2.35. The van der Waals surface area contributed by atoms with Crippen LogP contribution in [-0.2, 0) is 6.54 Å². The van der Waals surface area contributed by atoms with E-state index in [1.165, 1.54) is 0 Å². The van der Waals surface area contributed by atoms with Gasteiger partial charge in [0.2, 0.25) is 0 Å². The number of nitrogens with one attached hydrogen (secondary N) is 1. The summed E-state index contributed by atoms with van der Waals surface area (Å²) in [5, 5.41) is 3.36. The highest BCUT2D eigenvalue weighted by atomic mass is 79.9. The first-order valence-electron chi connectivity index (χ1n) is 5.22. The Bertz CT molecular complexity index is 353. The molecule has 3 nitrogen and oxygen atoms in total. The predicted octanol–water partition coefficient (Wildman–Crippen LogP) is 2.96. The molecule has 0 aliphatic rings. The van der Waals surface area contributed by atoms with Gasteiger partial charge in [-0.2, -0.15) is 0 Å². The summed E-state index contributed by atoms with van der Waals surface area (Å²) in [4.78, 5) is 0. The van der Waals surface area contributed by atoms with Gasteiger partial charge in [0.25, 0.3) is 0 Å². The maximum atomic E-state index is 5.39. The number of ether oxygens (including phenoxy) is 2. The third kappa shape index (κ3) is 3.12. The number of methoxy groups -OCH3 is 2. The van der Waals surface area contributed by atoms with E-state index in [4.69, 9.17) is 9.47 Å². The molecule has 0 aliphatic heterocycles. The largest absolute Gasteiger partial charge is 0.493 e. The molecule has 0 aromatic heterocycles. The van der Waals surface area contributed by atoms with Crippen LogP contribution in [0.4, 0.5) is 0 Å². The van der Waals surface area contributed by atoms with Gasteiger partial charge in [-0.15, -0.1) is 0 Å². The van der Waals surface area contributed by atoms with E-state index in [0.717, 1.165) is 28.1 Å². The molecule has 0 saturated carbocycles. The van der Waals surface area contributed by atoms with Crippen molar-refractivity contribution in [3.05, 3.63) is 22.2 Å². The van der Waals surface area contributed by atoms with Crippen LogP contribution in [0.25, 0.3) is 0 Å². The smallest absolute Gasteiger partial charge is 0.166 e. The van der Waals surface area contributed by atoms with Gasteiger partial charge in [-0.25, -0.2) is 0 Å². The second kappa shape index (κ2) is 6.11. The zero-order valence-corrected chi connectivity index (χ0v) is 11.7. The summed E-state index contributed by atoms with van der Waals surface area (Å²) in [6.07, 6.45) is 0. The van der Waals surface area contributed by atoms with Crippen LogP contribution in [-0.4, -0.2) is 20.3 Å². The Morgan fingerprint density at radius 2 is 1.94 bits per heavy atom. The number of halogens is 1. The van der Waals surface area contributed by atoms with Crippen LogP contribution in [0.15, 0.2) is 16.6 Å². The van der Waals surface area contributed by atoms with Gasteiger partial charge in [0.15, 0.2) is 11.5 Å². The van der Waals surface area contributed by atoms with Crippen molar-refractivity contribution in [3.63, 3.8) is 0 Å². The summed E-state index contributed by atoms with van der Waals surface area (Å²) >= 11 is 3.53. The predicted molar refractivity (Wildman–Crippen MR) is 69.2 cm³/mol. The van der Waals surface area contributed by atoms with Gasteiger partial charge in [0.05, 0.1) is 14.2 Å². The number of benzene rings is 1. The van der Waals surface area contributed by atoms with Crippen molar-refractivity contribution in [2.75, 3.05) is 14.2 Å². The Balaban J connectivity index is 3.03. The highest BCUT2D eigenvalue weighted by molar-refractivity contribution is 9.10. The first-order chi connectivity index (χ1) is 7.60. The summed E-state index contributed by atoms with van der Waals surface area (Å²) in [5.74, 6) is 1.54. The van der Waals surface area contributed by atoms with Crippen LogP contribution in [0.1, 0.15) is 19.4 Å². The third-order valence-electron chi connectivity index (χ3n) is 2.28. The van der Waals surface area contributed by atoms with Gasteiger partial charge in [0, 0.05) is 22.6 Å². The molecule has 0 aliphatic carbocycles. The topological polar surface area (TPSA) is 30.5 Å². The van der Waals surface area contributed by atoms with E-state index in [0.29, 0.717) is 6.04 Å². The lowest BCUT2D eigenvalue weighted by Crippen LogP contribution is -2.22. The van der Waals surface area contributed by atoms with Gasteiger partial charge in [-0.1, -0.05) is 29.8 Å². The van der Waals surface area contributed by atoms with Crippen LogP contribution >= 0.6 is 15.9 Å². The van der Waals surface area contributed by atoms with Crippen LogP contribution in [0.5, 0.6) is 11.5 Å². The summed E-state index contributed by atoms with van der Waals surface area (Å²) in [5.41, 5.74) is 1.08. The van der Waals surface area contributed by atoms with Gasteiger partial charge in [-0.05, 0) is 12.1 Å². The van der Waals surface area contributed by atoms with Crippen molar-refractivity contribution < 1.29 is 9.47 Å². The molecule has 90 valence electrons. The van der Waals surface area contributed by atoms with E-state index < -0.39 is 0 Å². The molecule has 0 unspecified atom stereocenters. The first kappa shape index (κ1) is 13.3. The first-order valence-corrected chi connectivity index (χ1v) is 6.02. The summed E-state index contributed by atoms with van der Waals surface area (Å²) in [6.45, 7) is 4.97. The summed E-state index contributed by atoms with van der Waals surface area (Å²) in [6, 6.07) is 4.29. The van der Waals surface area contributed by atoms with E-state index in [-0.39, 0.29) is 0 Å². The molecule has 4 heteroatoms. The van der Waals surface area contributed by atoms with Crippen LogP contribution in [0.2, 0.25) is 0 Å². The molecule has 1 N–H and O–H groups in total. The number of hydrogen-bond donors (Lipinski definition) is 1. The maximum absolute atomic E-state index is 5.39. The molecule has 0 heterocycles. The summed E-state index contributed by atoms with van der Waals surface area (Å²) in [7, 11) is 3.30. The minimum atomic E-state index is 0.433. The monoisotopic (exact) mass is 287 g/mol. The molecule has 1 aromatic carbocycles. The molecule has 1 rings (SSSR count). The Morgan fingerprint density at radius 3 is 2.44 bits per heavy atom. The molecule has 0 spiro atoms. The fourth-order valence-electron chi connectivity index (χ4n) is 1.44. The lowest BCUT2D eigenvalue weighted by molar-refractivity contribution is 0.350. The Hall–Kier alpha value is -0.740. The quantitative estimate of drug-likeness (QED) is 0.903. The van der Waals surface area contributed by atoms with E-state index in [9.17, 15) is 0 Å². The van der Waals surface area contributed by atoms with Crippen molar-refractivity contribution in [3.8, 4) is 11.5 Å². The van der Waals surface area contributed by atoms with Gasteiger partial charge < -0.3 is 14.8 Å². The van der Waals surface area contributed by atoms with E-state index in [2.05, 4.69) is 35.1 Å². The molecule has 0 radical (unpaired) electrons. The lowest BCUT2D eigenvalue weighted by atomic mass is 10.1. The molecule has 0 amide bonds. The van der Waals surface area contributed by atoms with Crippen LogP contribution < -0.4 is 14.8 Å². The molecule has 0 saturated heterocycles. The van der Waals surface area contributed by atoms with E-state index >= 15 is 0 Å². The zero-order chi connectivity index (χ0) is 12.1. The fourth-order valence-corrected chi connectivity index (χ4v) is 1.89. The summed E-state index contributed by atoms with van der Waals surface area (Å²) < 4.78 is 11.7. The molecule has 0 fully saturated rings. The van der Waals surface area contributed by atoms with Crippen molar-refractivity contribution in [2.24, 2.45) is 0 Å². The van der Waals surface area contributed by atoms with Gasteiger partial charge in [0.1, 0.15) is 0 Å². The Labute approximate surface area is 105 Å². The van der Waals surface area contributed by atoms with Crippen molar-refractivity contribution >= 4 is 15.9 Å². The zero-order valence-electron chi connectivity index (χ0n) is 10.1. The minimum Gasteiger partial charge on any atom is -0.493 e.